The van der Waals surface area contributed by atoms with E-state index in [9.17, 15) is 9.59 Å². The third kappa shape index (κ3) is 3.87. The molecule has 1 saturated heterocycles. The molecule has 3 amide bonds. The molecule has 184 valence electrons. The van der Waals surface area contributed by atoms with Gasteiger partial charge in [0, 0.05) is 25.0 Å². The van der Waals surface area contributed by atoms with Crippen molar-refractivity contribution in [2.24, 2.45) is 29.1 Å². The summed E-state index contributed by atoms with van der Waals surface area (Å²) in [6, 6.07) is 8.05. The zero-order valence-corrected chi connectivity index (χ0v) is 20.7. The summed E-state index contributed by atoms with van der Waals surface area (Å²) in [7, 11) is 0. The number of hydrogen-bond acceptors (Lipinski definition) is 3. The van der Waals surface area contributed by atoms with E-state index in [0.717, 1.165) is 42.0 Å². The van der Waals surface area contributed by atoms with Gasteiger partial charge in [-0.1, -0.05) is 12.1 Å². The highest BCUT2D eigenvalue weighted by molar-refractivity contribution is 5.94. The van der Waals surface area contributed by atoms with Gasteiger partial charge in [-0.15, -0.1) is 0 Å². The fraction of sp³-hybridized carbons (Fsp3) is 0.714. The van der Waals surface area contributed by atoms with Gasteiger partial charge in [0.25, 0.3) is 0 Å². The Morgan fingerprint density at radius 2 is 1.65 bits per heavy atom. The Morgan fingerprint density at radius 1 is 1.03 bits per heavy atom. The molecule has 6 nitrogen and oxygen atoms in total. The summed E-state index contributed by atoms with van der Waals surface area (Å²) in [6.07, 6.45) is 9.68. The molecule has 4 bridgehead atoms. The first-order chi connectivity index (χ1) is 16.4. The molecular formula is C28H39N3O3. The van der Waals surface area contributed by atoms with E-state index in [4.69, 9.17) is 4.74 Å². The second kappa shape index (κ2) is 8.46. The Balaban J connectivity index is 1.05. The first-order valence-electron chi connectivity index (χ1n) is 13.5. The van der Waals surface area contributed by atoms with Crippen molar-refractivity contribution in [3.8, 4) is 5.75 Å². The fourth-order valence-electron chi connectivity index (χ4n) is 8.27. The van der Waals surface area contributed by atoms with Crippen LogP contribution in [0.3, 0.4) is 0 Å². The molecule has 0 spiro atoms. The molecule has 5 fully saturated rings. The molecule has 4 saturated carbocycles. The van der Waals surface area contributed by atoms with Crippen LogP contribution in [0.25, 0.3) is 0 Å². The van der Waals surface area contributed by atoms with Crippen LogP contribution in [0.15, 0.2) is 24.3 Å². The first-order valence-corrected chi connectivity index (χ1v) is 13.5. The maximum Gasteiger partial charge on any atom is 0.324 e. The number of amides is 3. The van der Waals surface area contributed by atoms with E-state index < -0.39 is 0 Å². The summed E-state index contributed by atoms with van der Waals surface area (Å²) in [5.41, 5.74) is 1.18. The molecule has 1 aromatic carbocycles. The highest BCUT2D eigenvalue weighted by Crippen LogP contribution is 2.61. The van der Waals surface area contributed by atoms with Crippen molar-refractivity contribution < 1.29 is 14.3 Å². The minimum atomic E-state index is -0.0340. The number of hydrogen-bond donors (Lipinski definition) is 1. The highest BCUT2D eigenvalue weighted by atomic mass is 16.5. The Hall–Kier alpha value is -2.24. The van der Waals surface area contributed by atoms with Gasteiger partial charge in [-0.2, -0.15) is 0 Å². The average molecular weight is 466 g/mol. The molecule has 4 aliphatic carbocycles. The highest BCUT2D eigenvalue weighted by Gasteiger charge is 2.53. The Morgan fingerprint density at radius 3 is 2.29 bits per heavy atom. The fourth-order valence-corrected chi connectivity index (χ4v) is 8.27. The van der Waals surface area contributed by atoms with Crippen LogP contribution in [0, 0.1) is 29.1 Å². The van der Waals surface area contributed by atoms with Gasteiger partial charge in [-0.3, -0.25) is 9.69 Å². The summed E-state index contributed by atoms with van der Waals surface area (Å²) in [5.74, 6) is 3.67. The third-order valence-corrected chi connectivity index (χ3v) is 9.65. The maximum absolute atomic E-state index is 13.4. The van der Waals surface area contributed by atoms with Crippen LogP contribution in [-0.2, 0) is 4.79 Å². The smallest absolute Gasteiger partial charge is 0.324 e. The van der Waals surface area contributed by atoms with Crippen LogP contribution < -0.4 is 15.0 Å². The van der Waals surface area contributed by atoms with Crippen LogP contribution >= 0.6 is 0 Å². The number of carbonyl (C=O) groups is 2. The number of anilines is 1. The summed E-state index contributed by atoms with van der Waals surface area (Å²) < 4.78 is 5.91. The van der Waals surface area contributed by atoms with Crippen molar-refractivity contribution in [2.45, 2.75) is 77.4 Å². The predicted octanol–water partition coefficient (Wildman–Crippen LogP) is 4.83. The monoisotopic (exact) mass is 465 g/mol. The number of piperidine rings is 1. The van der Waals surface area contributed by atoms with E-state index in [1.165, 1.54) is 38.5 Å². The SMILES string of the molecule is C[C@@H]1CN(C(=O)N2CCC(C(=O)N[C@H](C)C34CC5CC(CC(C5)C3)C4)CC2)c2ccccc2O1. The van der Waals surface area contributed by atoms with Crippen molar-refractivity contribution in [1.82, 2.24) is 10.2 Å². The number of para-hydroxylation sites is 2. The van der Waals surface area contributed by atoms with E-state index >= 15 is 0 Å². The van der Waals surface area contributed by atoms with Crippen LogP contribution in [0.1, 0.15) is 65.2 Å². The number of rotatable bonds is 3. The standard InChI is InChI=1S/C28H39N3O3/c1-18-17-31(24-5-3-4-6-25(24)34-18)27(33)30-9-7-23(8-10-30)26(32)29-19(2)28-14-20-11-21(15-28)13-22(12-20)16-28/h3-6,18-23H,7-17H2,1-2H3,(H,29,32)/t18-,19-,20?,21?,22?,28?/m1/s1. The molecule has 2 atom stereocenters. The molecule has 34 heavy (non-hydrogen) atoms. The number of nitrogens with one attached hydrogen (secondary N) is 1. The Labute approximate surface area is 203 Å². The lowest BCUT2D eigenvalue weighted by Crippen LogP contribution is -2.57. The molecule has 7 rings (SSSR count). The molecule has 1 aromatic rings. The summed E-state index contributed by atoms with van der Waals surface area (Å²) in [6.45, 7) is 6.09. The van der Waals surface area contributed by atoms with Crippen molar-refractivity contribution in [3.05, 3.63) is 24.3 Å². The van der Waals surface area contributed by atoms with Gasteiger partial charge in [0.1, 0.15) is 11.9 Å². The normalized spacial score (nSPS) is 35.5. The predicted molar refractivity (Wildman–Crippen MR) is 132 cm³/mol. The van der Waals surface area contributed by atoms with Crippen molar-refractivity contribution in [1.29, 1.82) is 0 Å². The number of fused-ring (bicyclic) bond motifs is 1. The molecule has 0 aromatic heterocycles. The minimum Gasteiger partial charge on any atom is -0.487 e. The topological polar surface area (TPSA) is 61.9 Å². The van der Waals surface area contributed by atoms with Crippen LogP contribution in [0.5, 0.6) is 5.75 Å². The maximum atomic E-state index is 13.4. The zero-order chi connectivity index (χ0) is 23.4. The molecule has 0 unspecified atom stereocenters. The summed E-state index contributed by atoms with van der Waals surface area (Å²) in [4.78, 5) is 30.4. The van der Waals surface area contributed by atoms with E-state index in [-0.39, 0.29) is 30.0 Å². The van der Waals surface area contributed by atoms with Gasteiger partial charge in [0.2, 0.25) is 5.91 Å². The van der Waals surface area contributed by atoms with Gasteiger partial charge in [0.05, 0.1) is 12.2 Å². The molecule has 1 N–H and O–H groups in total. The Kier molecular flexibility index (Phi) is 5.53. The van der Waals surface area contributed by atoms with E-state index in [1.807, 2.05) is 41.0 Å². The minimum absolute atomic E-state index is 0.0105. The largest absolute Gasteiger partial charge is 0.487 e. The number of nitrogens with zero attached hydrogens (tertiary/aromatic N) is 2. The lowest BCUT2D eigenvalue weighted by atomic mass is 9.48. The number of carbonyl (C=O) groups excluding carboxylic acids is 2. The number of likely N-dealkylation sites (tertiary alicyclic amines) is 1. The molecule has 2 aliphatic heterocycles. The molecular weight excluding hydrogens is 426 g/mol. The summed E-state index contributed by atoms with van der Waals surface area (Å²) >= 11 is 0. The average Bonchev–Trinajstić information content (AvgIpc) is 2.82. The van der Waals surface area contributed by atoms with Crippen molar-refractivity contribution >= 4 is 17.6 Å². The van der Waals surface area contributed by atoms with Gasteiger partial charge < -0.3 is 15.0 Å². The lowest BCUT2D eigenvalue weighted by Gasteiger charge is -2.59. The zero-order valence-electron chi connectivity index (χ0n) is 20.7. The van der Waals surface area contributed by atoms with Gasteiger partial charge in [-0.05, 0) is 101 Å². The number of ether oxygens (including phenoxy) is 1. The van der Waals surface area contributed by atoms with Gasteiger partial charge in [-0.25, -0.2) is 4.79 Å². The van der Waals surface area contributed by atoms with Crippen LogP contribution in [0.2, 0.25) is 0 Å². The van der Waals surface area contributed by atoms with Crippen molar-refractivity contribution in [3.63, 3.8) is 0 Å². The molecule has 6 aliphatic rings. The summed E-state index contributed by atoms with van der Waals surface area (Å²) in [5, 5.41) is 3.46. The van der Waals surface area contributed by atoms with Crippen LogP contribution in [0.4, 0.5) is 10.5 Å². The number of urea groups is 1. The Bertz CT molecular complexity index is 919. The van der Waals surface area contributed by atoms with E-state index in [2.05, 4.69) is 12.2 Å². The van der Waals surface area contributed by atoms with E-state index in [0.29, 0.717) is 25.0 Å². The molecule has 2 heterocycles. The number of benzene rings is 1. The van der Waals surface area contributed by atoms with Crippen molar-refractivity contribution in [2.75, 3.05) is 24.5 Å². The quantitative estimate of drug-likeness (QED) is 0.696. The van der Waals surface area contributed by atoms with Gasteiger partial charge in [0.15, 0.2) is 0 Å². The van der Waals surface area contributed by atoms with Gasteiger partial charge >= 0.3 is 6.03 Å². The molecule has 0 radical (unpaired) electrons. The third-order valence-electron chi connectivity index (χ3n) is 9.65. The second-order valence-electron chi connectivity index (χ2n) is 12.1. The second-order valence-corrected chi connectivity index (χ2v) is 12.1. The van der Waals surface area contributed by atoms with Crippen LogP contribution in [-0.4, -0.2) is 48.6 Å². The first kappa shape index (κ1) is 22.2. The molecule has 6 heteroatoms. The lowest BCUT2D eigenvalue weighted by molar-refractivity contribution is -0.130. The van der Waals surface area contributed by atoms with E-state index in [1.54, 1.807) is 0 Å².